The van der Waals surface area contributed by atoms with Crippen LogP contribution in [0.25, 0.3) is 11.3 Å². The number of guanidine groups is 1. The topological polar surface area (TPSA) is 62.5 Å². The van der Waals surface area contributed by atoms with E-state index in [0.29, 0.717) is 12.6 Å². The Bertz CT molecular complexity index is 629. The van der Waals surface area contributed by atoms with Gasteiger partial charge in [-0.05, 0) is 12.8 Å². The van der Waals surface area contributed by atoms with E-state index in [1.54, 1.807) is 7.05 Å². The maximum atomic E-state index is 5.41. The predicted molar refractivity (Wildman–Crippen MR) is 92.1 cm³/mol. The molecule has 5 nitrogen and oxygen atoms in total. The van der Waals surface area contributed by atoms with Gasteiger partial charge in [-0.2, -0.15) is 0 Å². The molecule has 0 radical (unpaired) electrons. The molecule has 1 aromatic heterocycles. The molecule has 0 amide bonds. The fraction of sp³-hybridized carbons (Fsp3) is 0.444. The monoisotopic (exact) mass is 312 g/mol. The molecule has 3 rings (SSSR count). The van der Waals surface area contributed by atoms with Crippen LogP contribution in [-0.2, 0) is 6.54 Å². The minimum Gasteiger partial charge on any atom is -0.359 e. The molecular weight excluding hydrogens is 288 g/mol. The quantitative estimate of drug-likeness (QED) is 0.671. The lowest BCUT2D eigenvalue weighted by Gasteiger charge is -2.24. The zero-order valence-corrected chi connectivity index (χ0v) is 13.6. The molecule has 0 spiro atoms. The number of nitrogens with one attached hydrogen (secondary N) is 2. The van der Waals surface area contributed by atoms with E-state index in [1.807, 2.05) is 36.4 Å². The molecule has 1 heterocycles. The second kappa shape index (κ2) is 7.81. The Kier molecular flexibility index (Phi) is 5.29. The van der Waals surface area contributed by atoms with Gasteiger partial charge in [-0.25, -0.2) is 0 Å². The van der Waals surface area contributed by atoms with E-state index < -0.39 is 0 Å². The van der Waals surface area contributed by atoms with E-state index >= 15 is 0 Å². The van der Waals surface area contributed by atoms with Crippen molar-refractivity contribution in [2.24, 2.45) is 4.99 Å². The number of benzene rings is 1. The van der Waals surface area contributed by atoms with Crippen LogP contribution in [0.3, 0.4) is 0 Å². The van der Waals surface area contributed by atoms with Gasteiger partial charge in [0.2, 0.25) is 0 Å². The number of hydrogen-bond acceptors (Lipinski definition) is 3. The smallest absolute Gasteiger partial charge is 0.191 e. The zero-order valence-electron chi connectivity index (χ0n) is 13.6. The first-order chi connectivity index (χ1) is 11.3. The Morgan fingerprint density at radius 2 is 2.00 bits per heavy atom. The summed E-state index contributed by atoms with van der Waals surface area (Å²) < 4.78 is 5.41. The van der Waals surface area contributed by atoms with Crippen LogP contribution in [0.4, 0.5) is 0 Å². The summed E-state index contributed by atoms with van der Waals surface area (Å²) in [5.41, 5.74) is 1.92. The average Bonchev–Trinajstić information content (AvgIpc) is 3.09. The van der Waals surface area contributed by atoms with Crippen LogP contribution in [0, 0.1) is 0 Å². The number of aliphatic imine (C=N–C) groups is 1. The molecule has 0 bridgehead atoms. The van der Waals surface area contributed by atoms with Gasteiger partial charge in [-0.1, -0.05) is 54.8 Å². The van der Waals surface area contributed by atoms with Crippen molar-refractivity contribution in [1.82, 2.24) is 15.8 Å². The lowest BCUT2D eigenvalue weighted by Crippen LogP contribution is -2.43. The lowest BCUT2D eigenvalue weighted by atomic mass is 9.96. The van der Waals surface area contributed by atoms with Gasteiger partial charge < -0.3 is 15.2 Å². The van der Waals surface area contributed by atoms with Crippen molar-refractivity contribution >= 4 is 5.96 Å². The highest BCUT2D eigenvalue weighted by atomic mass is 16.5. The van der Waals surface area contributed by atoms with Gasteiger partial charge in [-0.3, -0.25) is 4.99 Å². The van der Waals surface area contributed by atoms with Gasteiger partial charge in [0, 0.05) is 24.7 Å². The summed E-state index contributed by atoms with van der Waals surface area (Å²) in [4.78, 5) is 4.29. The molecule has 1 aliphatic rings. The van der Waals surface area contributed by atoms with Gasteiger partial charge in [-0.15, -0.1) is 0 Å². The molecule has 2 aromatic rings. The van der Waals surface area contributed by atoms with Crippen LogP contribution in [0.2, 0.25) is 0 Å². The van der Waals surface area contributed by atoms with E-state index in [1.165, 1.54) is 32.1 Å². The maximum absolute atomic E-state index is 5.41. The fourth-order valence-electron chi connectivity index (χ4n) is 2.95. The normalized spacial score (nSPS) is 16.3. The third kappa shape index (κ3) is 4.34. The summed E-state index contributed by atoms with van der Waals surface area (Å²) in [5, 5.41) is 10.9. The molecule has 0 unspecified atom stereocenters. The molecule has 0 saturated heterocycles. The van der Waals surface area contributed by atoms with E-state index in [0.717, 1.165) is 23.0 Å². The molecule has 1 aromatic carbocycles. The Morgan fingerprint density at radius 3 is 2.74 bits per heavy atom. The summed E-state index contributed by atoms with van der Waals surface area (Å²) >= 11 is 0. The minimum absolute atomic E-state index is 0.532. The maximum Gasteiger partial charge on any atom is 0.191 e. The second-order valence-electron chi connectivity index (χ2n) is 5.95. The summed E-state index contributed by atoms with van der Waals surface area (Å²) in [6.07, 6.45) is 6.40. The molecule has 1 aliphatic carbocycles. The standard InChI is InChI=1S/C18H24N4O/c1-19-18(21-15-10-6-3-7-11-15)20-13-16-12-17(22-23-16)14-8-4-2-5-9-14/h2,4-5,8-9,12,15H,3,6-7,10-11,13H2,1H3,(H2,19,20,21). The first-order valence-corrected chi connectivity index (χ1v) is 8.33. The van der Waals surface area contributed by atoms with Gasteiger partial charge in [0.1, 0.15) is 5.69 Å². The number of hydrogen-bond donors (Lipinski definition) is 2. The number of rotatable bonds is 4. The second-order valence-corrected chi connectivity index (χ2v) is 5.95. The van der Waals surface area contributed by atoms with Crippen molar-refractivity contribution in [3.05, 3.63) is 42.2 Å². The van der Waals surface area contributed by atoms with Gasteiger partial charge >= 0.3 is 0 Å². The van der Waals surface area contributed by atoms with E-state index in [9.17, 15) is 0 Å². The molecule has 2 N–H and O–H groups in total. The van der Waals surface area contributed by atoms with Crippen LogP contribution < -0.4 is 10.6 Å². The predicted octanol–water partition coefficient (Wildman–Crippen LogP) is 3.34. The molecule has 0 aliphatic heterocycles. The van der Waals surface area contributed by atoms with Gasteiger partial charge in [0.25, 0.3) is 0 Å². The SMILES string of the molecule is CN=C(NCc1cc(-c2ccccc2)no1)NC1CCCCC1. The molecule has 0 atom stereocenters. The van der Waals surface area contributed by atoms with Crippen LogP contribution in [-0.4, -0.2) is 24.2 Å². The number of aromatic nitrogens is 1. The van der Waals surface area contributed by atoms with Crippen LogP contribution >= 0.6 is 0 Å². The first-order valence-electron chi connectivity index (χ1n) is 8.33. The zero-order chi connectivity index (χ0) is 15.9. The summed E-state index contributed by atoms with van der Waals surface area (Å²) in [6.45, 7) is 0.576. The highest BCUT2D eigenvalue weighted by Gasteiger charge is 2.14. The Balaban J connectivity index is 1.54. The molecule has 23 heavy (non-hydrogen) atoms. The Hall–Kier alpha value is -2.30. The number of nitrogens with zero attached hydrogens (tertiary/aromatic N) is 2. The van der Waals surface area contributed by atoms with Crippen LogP contribution in [0.15, 0.2) is 45.9 Å². The summed E-state index contributed by atoms with van der Waals surface area (Å²) in [5.74, 6) is 1.63. The van der Waals surface area contributed by atoms with Crippen molar-refractivity contribution in [1.29, 1.82) is 0 Å². The highest BCUT2D eigenvalue weighted by molar-refractivity contribution is 5.79. The average molecular weight is 312 g/mol. The Morgan fingerprint density at radius 1 is 1.22 bits per heavy atom. The molecule has 122 valence electrons. The van der Waals surface area contributed by atoms with Crippen LogP contribution in [0.5, 0.6) is 0 Å². The van der Waals surface area contributed by atoms with E-state index in [-0.39, 0.29) is 0 Å². The van der Waals surface area contributed by atoms with Crippen molar-refractivity contribution in [2.45, 2.75) is 44.7 Å². The molecular formula is C18H24N4O. The Labute approximate surface area is 137 Å². The minimum atomic E-state index is 0.532. The van der Waals surface area contributed by atoms with Crippen molar-refractivity contribution in [2.75, 3.05) is 7.05 Å². The van der Waals surface area contributed by atoms with Crippen molar-refractivity contribution in [3.63, 3.8) is 0 Å². The van der Waals surface area contributed by atoms with Crippen molar-refractivity contribution in [3.8, 4) is 11.3 Å². The third-order valence-corrected chi connectivity index (χ3v) is 4.23. The van der Waals surface area contributed by atoms with Gasteiger partial charge in [0.05, 0.1) is 6.54 Å². The van der Waals surface area contributed by atoms with Crippen LogP contribution in [0.1, 0.15) is 37.9 Å². The highest BCUT2D eigenvalue weighted by Crippen LogP contribution is 2.19. The van der Waals surface area contributed by atoms with Crippen molar-refractivity contribution < 1.29 is 4.52 Å². The third-order valence-electron chi connectivity index (χ3n) is 4.23. The largest absolute Gasteiger partial charge is 0.359 e. The molecule has 1 fully saturated rings. The van der Waals surface area contributed by atoms with E-state index in [4.69, 9.17) is 4.52 Å². The summed E-state index contributed by atoms with van der Waals surface area (Å²) in [6, 6.07) is 12.5. The summed E-state index contributed by atoms with van der Waals surface area (Å²) in [7, 11) is 1.80. The molecule has 1 saturated carbocycles. The van der Waals surface area contributed by atoms with E-state index in [2.05, 4.69) is 20.8 Å². The molecule has 5 heteroatoms. The fourth-order valence-corrected chi connectivity index (χ4v) is 2.95. The first kappa shape index (κ1) is 15.6. The van der Waals surface area contributed by atoms with Gasteiger partial charge in [0.15, 0.2) is 11.7 Å². The lowest BCUT2D eigenvalue weighted by molar-refractivity contribution is 0.379.